The van der Waals surface area contributed by atoms with Crippen LogP contribution in [0.1, 0.15) is 33.5 Å². The number of halogens is 3. The summed E-state index contributed by atoms with van der Waals surface area (Å²) in [5, 5.41) is 2.59. The Morgan fingerprint density at radius 3 is 2.52 bits per heavy atom. The van der Waals surface area contributed by atoms with Crippen LogP contribution in [0.5, 0.6) is 5.75 Å². The van der Waals surface area contributed by atoms with Crippen LogP contribution in [0.25, 0.3) is 11.0 Å². The molecule has 1 aromatic heterocycles. The summed E-state index contributed by atoms with van der Waals surface area (Å²) in [7, 11) is 0. The standard InChI is InChI=1S/C16H20F3N3O3/c1-5-22-12-8-10(24-16(17,18)19)6-7-11(12)21-13(22)9-20-14(23)25-15(2,3)4/h6-8H,5,9H2,1-4H3,(H,20,23). The maximum atomic E-state index is 12.4. The minimum absolute atomic E-state index is 0.0902. The summed E-state index contributed by atoms with van der Waals surface area (Å²) < 4.78 is 47.9. The number of alkyl halides is 3. The van der Waals surface area contributed by atoms with Crippen LogP contribution in [0.15, 0.2) is 18.2 Å². The third-order valence-corrected chi connectivity index (χ3v) is 3.14. The Labute approximate surface area is 142 Å². The summed E-state index contributed by atoms with van der Waals surface area (Å²) >= 11 is 0. The molecule has 0 aliphatic rings. The Balaban J connectivity index is 2.22. The molecule has 0 aliphatic heterocycles. The number of carbonyl (C=O) groups is 1. The highest BCUT2D eigenvalue weighted by Gasteiger charge is 2.31. The summed E-state index contributed by atoms with van der Waals surface area (Å²) in [6.07, 6.45) is -5.35. The molecule has 2 aromatic rings. The number of hydrogen-bond donors (Lipinski definition) is 1. The van der Waals surface area contributed by atoms with Crippen LogP contribution in [-0.4, -0.2) is 27.6 Å². The van der Waals surface area contributed by atoms with E-state index in [1.165, 1.54) is 18.2 Å². The molecule has 0 aliphatic carbocycles. The van der Waals surface area contributed by atoms with Gasteiger partial charge >= 0.3 is 12.5 Å². The number of benzene rings is 1. The van der Waals surface area contributed by atoms with Crippen LogP contribution in [0.4, 0.5) is 18.0 Å². The molecular formula is C16H20F3N3O3. The van der Waals surface area contributed by atoms with Gasteiger partial charge in [0.25, 0.3) is 0 Å². The average Bonchev–Trinajstić information content (AvgIpc) is 2.78. The highest BCUT2D eigenvalue weighted by atomic mass is 19.4. The predicted octanol–water partition coefficient (Wildman–Crippen LogP) is 3.98. The summed E-state index contributed by atoms with van der Waals surface area (Å²) in [6, 6.07) is 3.92. The Morgan fingerprint density at radius 2 is 1.96 bits per heavy atom. The van der Waals surface area contributed by atoms with Gasteiger partial charge in [0.2, 0.25) is 0 Å². The van der Waals surface area contributed by atoms with Gasteiger partial charge in [-0.15, -0.1) is 13.2 Å². The molecule has 0 spiro atoms. The Morgan fingerprint density at radius 1 is 1.28 bits per heavy atom. The molecule has 1 N–H and O–H groups in total. The second-order valence-electron chi connectivity index (χ2n) is 6.33. The fraction of sp³-hybridized carbons (Fsp3) is 0.500. The molecule has 0 radical (unpaired) electrons. The molecule has 9 heteroatoms. The molecule has 138 valence electrons. The largest absolute Gasteiger partial charge is 0.573 e. The lowest BCUT2D eigenvalue weighted by molar-refractivity contribution is -0.274. The summed E-state index contributed by atoms with van der Waals surface area (Å²) in [6.45, 7) is 7.63. The number of rotatable bonds is 4. The molecular weight excluding hydrogens is 339 g/mol. The van der Waals surface area contributed by atoms with Gasteiger partial charge in [-0.2, -0.15) is 0 Å². The highest BCUT2D eigenvalue weighted by molar-refractivity contribution is 5.78. The number of alkyl carbamates (subject to hydrolysis) is 1. The van der Waals surface area contributed by atoms with Gasteiger partial charge in [-0.3, -0.25) is 0 Å². The molecule has 0 atom stereocenters. The van der Waals surface area contributed by atoms with Gasteiger partial charge in [0, 0.05) is 12.6 Å². The monoisotopic (exact) mass is 359 g/mol. The first-order valence-electron chi connectivity index (χ1n) is 7.70. The average molecular weight is 359 g/mol. The number of ether oxygens (including phenoxy) is 2. The lowest BCUT2D eigenvalue weighted by Crippen LogP contribution is -2.32. The van der Waals surface area contributed by atoms with E-state index >= 15 is 0 Å². The van der Waals surface area contributed by atoms with E-state index in [2.05, 4.69) is 15.0 Å². The Kier molecular flexibility index (Phi) is 5.15. The molecule has 1 heterocycles. The van der Waals surface area contributed by atoms with E-state index in [1.54, 1.807) is 25.3 Å². The van der Waals surface area contributed by atoms with E-state index in [0.717, 1.165) is 0 Å². The SMILES string of the molecule is CCn1c(CNC(=O)OC(C)(C)C)nc2ccc(OC(F)(F)F)cc21. The number of hydrogen-bond acceptors (Lipinski definition) is 4. The first-order chi connectivity index (χ1) is 11.5. The first-order valence-corrected chi connectivity index (χ1v) is 7.70. The molecule has 2 rings (SSSR count). The molecule has 0 bridgehead atoms. The lowest BCUT2D eigenvalue weighted by Gasteiger charge is -2.19. The number of aromatic nitrogens is 2. The van der Waals surface area contributed by atoms with Gasteiger partial charge in [0.05, 0.1) is 17.6 Å². The lowest BCUT2D eigenvalue weighted by atomic mass is 10.2. The van der Waals surface area contributed by atoms with Gasteiger partial charge in [0.1, 0.15) is 17.2 Å². The van der Waals surface area contributed by atoms with Crippen molar-refractivity contribution in [2.45, 2.75) is 52.7 Å². The van der Waals surface area contributed by atoms with Crippen molar-refractivity contribution in [1.82, 2.24) is 14.9 Å². The predicted molar refractivity (Wildman–Crippen MR) is 85.2 cm³/mol. The van der Waals surface area contributed by atoms with Crippen molar-refractivity contribution >= 4 is 17.1 Å². The highest BCUT2D eigenvalue weighted by Crippen LogP contribution is 2.27. The van der Waals surface area contributed by atoms with Gasteiger partial charge in [0.15, 0.2) is 0 Å². The van der Waals surface area contributed by atoms with Crippen LogP contribution < -0.4 is 10.1 Å². The summed E-state index contributed by atoms with van der Waals surface area (Å²) in [5.74, 6) is 0.189. The van der Waals surface area contributed by atoms with Gasteiger partial charge in [-0.1, -0.05) is 0 Å². The normalized spacial score (nSPS) is 12.3. The second kappa shape index (κ2) is 6.81. The minimum atomic E-state index is -4.76. The zero-order valence-electron chi connectivity index (χ0n) is 14.4. The van der Waals surface area contributed by atoms with Crippen molar-refractivity contribution in [2.75, 3.05) is 0 Å². The maximum absolute atomic E-state index is 12.4. The fourth-order valence-corrected chi connectivity index (χ4v) is 2.30. The number of carbonyl (C=O) groups excluding carboxylic acids is 1. The molecule has 6 nitrogen and oxygen atoms in total. The minimum Gasteiger partial charge on any atom is -0.444 e. The molecule has 1 amide bonds. The quantitative estimate of drug-likeness (QED) is 0.897. The van der Waals surface area contributed by atoms with Crippen molar-refractivity contribution < 1.29 is 27.4 Å². The Bertz CT molecular complexity index is 764. The fourth-order valence-electron chi connectivity index (χ4n) is 2.30. The van der Waals surface area contributed by atoms with E-state index in [9.17, 15) is 18.0 Å². The third-order valence-electron chi connectivity index (χ3n) is 3.14. The van der Waals surface area contributed by atoms with Gasteiger partial charge in [-0.05, 0) is 39.8 Å². The van der Waals surface area contributed by atoms with Gasteiger partial charge < -0.3 is 19.4 Å². The van der Waals surface area contributed by atoms with Crippen LogP contribution in [-0.2, 0) is 17.8 Å². The van der Waals surface area contributed by atoms with Crippen LogP contribution in [0, 0.1) is 0 Å². The van der Waals surface area contributed by atoms with Crippen molar-refractivity contribution in [3.63, 3.8) is 0 Å². The summed E-state index contributed by atoms with van der Waals surface area (Å²) in [4.78, 5) is 16.1. The zero-order chi connectivity index (χ0) is 18.8. The molecule has 0 fully saturated rings. The molecule has 0 saturated carbocycles. The van der Waals surface area contributed by atoms with E-state index < -0.39 is 18.1 Å². The number of nitrogens with one attached hydrogen (secondary N) is 1. The maximum Gasteiger partial charge on any atom is 0.573 e. The number of imidazole rings is 1. The smallest absolute Gasteiger partial charge is 0.444 e. The topological polar surface area (TPSA) is 65.4 Å². The molecule has 0 unspecified atom stereocenters. The van der Waals surface area contributed by atoms with Crippen molar-refractivity contribution in [3.05, 3.63) is 24.0 Å². The first kappa shape index (κ1) is 18.9. The second-order valence-corrected chi connectivity index (χ2v) is 6.33. The van der Waals surface area contributed by atoms with E-state index in [1.807, 2.05) is 6.92 Å². The van der Waals surface area contributed by atoms with Crippen LogP contribution in [0.2, 0.25) is 0 Å². The van der Waals surface area contributed by atoms with Gasteiger partial charge in [-0.25, -0.2) is 9.78 Å². The van der Waals surface area contributed by atoms with Crippen LogP contribution >= 0.6 is 0 Å². The van der Waals surface area contributed by atoms with Crippen molar-refractivity contribution in [1.29, 1.82) is 0 Å². The van der Waals surface area contributed by atoms with E-state index in [-0.39, 0.29) is 12.3 Å². The van der Waals surface area contributed by atoms with E-state index in [4.69, 9.17) is 4.74 Å². The Hall–Kier alpha value is -2.45. The number of aryl methyl sites for hydroxylation is 1. The molecule has 25 heavy (non-hydrogen) atoms. The summed E-state index contributed by atoms with van der Waals surface area (Å²) in [5.41, 5.74) is 0.376. The zero-order valence-corrected chi connectivity index (χ0v) is 14.4. The number of fused-ring (bicyclic) bond motifs is 1. The van der Waals surface area contributed by atoms with Crippen LogP contribution in [0.3, 0.4) is 0 Å². The van der Waals surface area contributed by atoms with E-state index in [0.29, 0.717) is 23.4 Å². The van der Waals surface area contributed by atoms with Crippen molar-refractivity contribution in [2.24, 2.45) is 0 Å². The number of amides is 1. The number of nitrogens with zero attached hydrogens (tertiary/aromatic N) is 2. The van der Waals surface area contributed by atoms with Crippen molar-refractivity contribution in [3.8, 4) is 5.75 Å². The molecule has 0 saturated heterocycles. The third kappa shape index (κ3) is 5.27. The molecule has 1 aromatic carbocycles.